The van der Waals surface area contributed by atoms with Crippen LogP contribution in [-0.2, 0) is 16.6 Å². The Hall–Kier alpha value is -2.03. The molecule has 5 nitrogen and oxygen atoms in total. The maximum absolute atomic E-state index is 13.9. The SMILES string of the molecule is CC(C)Oc1ccccc1CN1CCN(S(=O)(=O)c2cc(F)ccc2F)CC1. The normalized spacial score (nSPS) is 16.5. The highest BCUT2D eigenvalue weighted by Crippen LogP contribution is 2.24. The fourth-order valence-corrected chi connectivity index (χ4v) is 4.68. The molecule has 0 bridgehead atoms. The summed E-state index contributed by atoms with van der Waals surface area (Å²) < 4.78 is 59.7. The topological polar surface area (TPSA) is 49.9 Å². The summed E-state index contributed by atoms with van der Waals surface area (Å²) in [6.07, 6.45) is 0.0595. The zero-order chi connectivity index (χ0) is 20.3. The predicted octanol–water partition coefficient (Wildman–Crippen LogP) is 3.26. The molecule has 8 heteroatoms. The molecule has 1 aliphatic rings. The number of halogens is 2. The van der Waals surface area contributed by atoms with E-state index < -0.39 is 26.6 Å². The van der Waals surface area contributed by atoms with Crippen molar-refractivity contribution in [2.24, 2.45) is 0 Å². The van der Waals surface area contributed by atoms with Gasteiger partial charge in [0.25, 0.3) is 0 Å². The third-order valence-corrected chi connectivity index (χ3v) is 6.49. The fraction of sp³-hybridized carbons (Fsp3) is 0.400. The van der Waals surface area contributed by atoms with Crippen molar-refractivity contribution in [3.8, 4) is 5.75 Å². The van der Waals surface area contributed by atoms with Crippen LogP contribution in [0.5, 0.6) is 5.75 Å². The summed E-state index contributed by atoms with van der Waals surface area (Å²) in [5.74, 6) is -0.904. The molecule has 1 heterocycles. The number of hydrogen-bond acceptors (Lipinski definition) is 4. The van der Waals surface area contributed by atoms with Crippen molar-refractivity contribution in [3.63, 3.8) is 0 Å². The minimum atomic E-state index is -4.07. The number of benzene rings is 2. The van der Waals surface area contributed by atoms with E-state index in [9.17, 15) is 17.2 Å². The zero-order valence-electron chi connectivity index (χ0n) is 15.9. The highest BCUT2D eigenvalue weighted by Gasteiger charge is 2.31. The summed E-state index contributed by atoms with van der Waals surface area (Å²) in [5, 5.41) is 0. The molecule has 1 saturated heterocycles. The van der Waals surface area contributed by atoms with Gasteiger partial charge in [0.05, 0.1) is 6.10 Å². The first-order valence-corrected chi connectivity index (χ1v) is 10.6. The molecule has 2 aromatic carbocycles. The highest BCUT2D eigenvalue weighted by molar-refractivity contribution is 7.89. The molecule has 0 radical (unpaired) electrons. The molecule has 0 saturated carbocycles. The lowest BCUT2D eigenvalue weighted by atomic mass is 10.1. The molecule has 28 heavy (non-hydrogen) atoms. The van der Waals surface area contributed by atoms with Gasteiger partial charge in [0.15, 0.2) is 0 Å². The molecule has 0 unspecified atom stereocenters. The fourth-order valence-electron chi connectivity index (χ4n) is 3.19. The number of nitrogens with zero attached hydrogens (tertiary/aromatic N) is 2. The summed E-state index contributed by atoms with van der Waals surface area (Å²) in [7, 11) is -4.07. The van der Waals surface area contributed by atoms with Gasteiger partial charge < -0.3 is 4.74 Å². The molecule has 0 aliphatic carbocycles. The van der Waals surface area contributed by atoms with Crippen LogP contribution in [0.1, 0.15) is 19.4 Å². The average Bonchev–Trinajstić information content (AvgIpc) is 2.65. The van der Waals surface area contributed by atoms with E-state index in [0.717, 1.165) is 29.5 Å². The van der Waals surface area contributed by atoms with Gasteiger partial charge in [-0.15, -0.1) is 0 Å². The summed E-state index contributed by atoms with van der Waals surface area (Å²) in [4.78, 5) is 1.51. The number of rotatable bonds is 6. The van der Waals surface area contributed by atoms with E-state index in [1.807, 2.05) is 38.1 Å². The van der Waals surface area contributed by atoms with Crippen LogP contribution in [-0.4, -0.2) is 49.9 Å². The van der Waals surface area contributed by atoms with Gasteiger partial charge in [-0.2, -0.15) is 4.31 Å². The van der Waals surface area contributed by atoms with Crippen LogP contribution in [0.4, 0.5) is 8.78 Å². The van der Waals surface area contributed by atoms with Crippen LogP contribution in [0, 0.1) is 11.6 Å². The Bertz CT molecular complexity index is 927. The van der Waals surface area contributed by atoms with E-state index in [1.54, 1.807) is 0 Å². The van der Waals surface area contributed by atoms with Gasteiger partial charge in [-0.25, -0.2) is 17.2 Å². The molecule has 0 spiro atoms. The van der Waals surface area contributed by atoms with E-state index in [1.165, 1.54) is 4.31 Å². The van der Waals surface area contributed by atoms with Gasteiger partial charge >= 0.3 is 0 Å². The minimum Gasteiger partial charge on any atom is -0.491 e. The van der Waals surface area contributed by atoms with Crippen LogP contribution in [0.3, 0.4) is 0 Å². The Kier molecular flexibility index (Phi) is 6.32. The lowest BCUT2D eigenvalue weighted by Crippen LogP contribution is -2.48. The van der Waals surface area contributed by atoms with Crippen molar-refractivity contribution in [1.29, 1.82) is 0 Å². The third-order valence-electron chi connectivity index (χ3n) is 4.57. The van der Waals surface area contributed by atoms with Gasteiger partial charge in [0, 0.05) is 38.3 Å². The molecular formula is C20H24F2N2O3S. The Morgan fingerprint density at radius 1 is 1.04 bits per heavy atom. The minimum absolute atomic E-state index is 0.0595. The molecule has 0 aromatic heterocycles. The molecule has 0 N–H and O–H groups in total. The first kappa shape index (κ1) is 20.7. The Balaban J connectivity index is 1.67. The van der Waals surface area contributed by atoms with Crippen LogP contribution in [0.2, 0.25) is 0 Å². The van der Waals surface area contributed by atoms with E-state index in [-0.39, 0.29) is 19.2 Å². The van der Waals surface area contributed by atoms with Crippen molar-refractivity contribution in [2.45, 2.75) is 31.4 Å². The smallest absolute Gasteiger partial charge is 0.246 e. The van der Waals surface area contributed by atoms with E-state index >= 15 is 0 Å². The summed E-state index contributed by atoms with van der Waals surface area (Å²) >= 11 is 0. The zero-order valence-corrected chi connectivity index (χ0v) is 16.8. The number of sulfonamides is 1. The molecule has 1 aliphatic heterocycles. The quantitative estimate of drug-likeness (QED) is 0.734. The average molecular weight is 410 g/mol. The monoisotopic (exact) mass is 410 g/mol. The second kappa shape index (κ2) is 8.55. The Morgan fingerprint density at radius 2 is 1.71 bits per heavy atom. The van der Waals surface area contributed by atoms with Crippen LogP contribution in [0.15, 0.2) is 47.4 Å². The molecule has 2 aromatic rings. The summed E-state index contributed by atoms with van der Waals surface area (Å²) in [6.45, 7) is 5.97. The molecular weight excluding hydrogens is 386 g/mol. The summed E-state index contributed by atoms with van der Waals surface area (Å²) in [6, 6.07) is 10.2. The lowest BCUT2D eigenvalue weighted by molar-refractivity contribution is 0.176. The maximum atomic E-state index is 13.9. The summed E-state index contributed by atoms with van der Waals surface area (Å²) in [5.41, 5.74) is 1.03. The highest BCUT2D eigenvalue weighted by atomic mass is 32.2. The van der Waals surface area contributed by atoms with Gasteiger partial charge in [-0.3, -0.25) is 4.90 Å². The van der Waals surface area contributed by atoms with Gasteiger partial charge in [-0.1, -0.05) is 18.2 Å². The molecule has 0 atom stereocenters. The number of piperazine rings is 1. The molecule has 0 amide bonds. The van der Waals surface area contributed by atoms with Crippen molar-refractivity contribution >= 4 is 10.0 Å². The van der Waals surface area contributed by atoms with E-state index in [4.69, 9.17) is 4.74 Å². The van der Waals surface area contributed by atoms with Crippen molar-refractivity contribution in [1.82, 2.24) is 9.21 Å². The van der Waals surface area contributed by atoms with Gasteiger partial charge in [0.2, 0.25) is 10.0 Å². The van der Waals surface area contributed by atoms with Gasteiger partial charge in [0.1, 0.15) is 22.3 Å². The van der Waals surface area contributed by atoms with E-state index in [0.29, 0.717) is 19.6 Å². The van der Waals surface area contributed by atoms with E-state index in [2.05, 4.69) is 4.90 Å². The van der Waals surface area contributed by atoms with Crippen LogP contribution < -0.4 is 4.74 Å². The first-order valence-electron chi connectivity index (χ1n) is 9.19. The van der Waals surface area contributed by atoms with Crippen molar-refractivity contribution in [3.05, 3.63) is 59.7 Å². The first-order chi connectivity index (χ1) is 13.3. The number of ether oxygens (including phenoxy) is 1. The van der Waals surface area contributed by atoms with Crippen LogP contribution >= 0.6 is 0 Å². The van der Waals surface area contributed by atoms with Crippen molar-refractivity contribution in [2.75, 3.05) is 26.2 Å². The third kappa shape index (κ3) is 4.68. The Labute approximate surface area is 164 Å². The largest absolute Gasteiger partial charge is 0.491 e. The lowest BCUT2D eigenvalue weighted by Gasteiger charge is -2.34. The van der Waals surface area contributed by atoms with Gasteiger partial charge in [-0.05, 0) is 38.1 Å². The second-order valence-corrected chi connectivity index (χ2v) is 8.94. The predicted molar refractivity (Wildman–Crippen MR) is 103 cm³/mol. The number of hydrogen-bond donors (Lipinski definition) is 0. The van der Waals surface area contributed by atoms with Crippen molar-refractivity contribution < 1.29 is 21.9 Å². The standard InChI is InChI=1S/C20H24F2N2O3S/c1-15(2)27-19-6-4-3-5-16(19)14-23-9-11-24(12-10-23)28(25,26)20-13-17(21)7-8-18(20)22/h3-8,13,15H,9-12,14H2,1-2H3. The second-order valence-electron chi connectivity index (χ2n) is 7.03. The Morgan fingerprint density at radius 3 is 2.39 bits per heavy atom. The molecule has 1 fully saturated rings. The van der Waals surface area contributed by atoms with Crippen LogP contribution in [0.25, 0.3) is 0 Å². The maximum Gasteiger partial charge on any atom is 0.246 e. The number of para-hydroxylation sites is 1. The molecule has 3 rings (SSSR count). The molecule has 152 valence electrons.